The van der Waals surface area contributed by atoms with Gasteiger partial charge in [0.25, 0.3) is 0 Å². The predicted molar refractivity (Wildman–Crippen MR) is 277 cm³/mol. The molecule has 0 bridgehead atoms. The second-order valence-electron chi connectivity index (χ2n) is 19.6. The first-order valence-electron chi connectivity index (χ1n) is 24.7. The number of aryl methyl sites for hydroxylation is 2. The molecule has 6 aromatic heterocycles. The van der Waals surface area contributed by atoms with Gasteiger partial charge in [0.2, 0.25) is 0 Å². The summed E-state index contributed by atoms with van der Waals surface area (Å²) in [5.74, 6) is -1.03. The third kappa shape index (κ3) is 11.3. The summed E-state index contributed by atoms with van der Waals surface area (Å²) >= 11 is 0. The van der Waals surface area contributed by atoms with Crippen LogP contribution in [0.25, 0.3) is 33.5 Å². The van der Waals surface area contributed by atoms with Crippen LogP contribution in [0, 0.1) is 0 Å². The number of fused-ring (bicyclic) bond motifs is 2. The van der Waals surface area contributed by atoms with Crippen molar-refractivity contribution < 1.29 is 38.1 Å². The predicted octanol–water partition coefficient (Wildman–Crippen LogP) is 7.31. The molecule has 4 atom stereocenters. The number of likely N-dealkylation sites (tertiary alicyclic amines) is 2. The highest BCUT2D eigenvalue weighted by Gasteiger charge is 2.45. The second kappa shape index (κ2) is 21.8. The van der Waals surface area contributed by atoms with Crippen molar-refractivity contribution in [2.24, 2.45) is 14.1 Å². The quantitative estimate of drug-likeness (QED) is 0.101. The van der Waals surface area contributed by atoms with Crippen LogP contribution in [0.1, 0.15) is 80.8 Å². The number of hydrogen-bond acceptors (Lipinski definition) is 15. The number of amides is 2. The summed E-state index contributed by atoms with van der Waals surface area (Å²) in [6.45, 7) is 6.39. The van der Waals surface area contributed by atoms with E-state index in [1.165, 1.54) is 16.9 Å². The van der Waals surface area contributed by atoms with Crippen molar-refractivity contribution in [1.29, 1.82) is 0 Å². The lowest BCUT2D eigenvalue weighted by atomic mass is 9.86. The van der Waals surface area contributed by atoms with E-state index in [2.05, 4.69) is 15.3 Å². The Morgan fingerprint density at radius 1 is 0.640 bits per heavy atom. The molecule has 75 heavy (non-hydrogen) atoms. The van der Waals surface area contributed by atoms with Gasteiger partial charge in [0.15, 0.2) is 5.65 Å². The fourth-order valence-corrected chi connectivity index (χ4v) is 9.75. The Balaban J connectivity index is 0.000000184. The Hall–Kier alpha value is -8.75. The van der Waals surface area contributed by atoms with E-state index in [0.29, 0.717) is 73.1 Å². The molecule has 8 heterocycles. The summed E-state index contributed by atoms with van der Waals surface area (Å²) in [6.07, 6.45) is 12.3. The Labute approximate surface area is 432 Å². The number of hydrogen-bond donors (Lipinski definition) is 2. The number of anilines is 2. The summed E-state index contributed by atoms with van der Waals surface area (Å²) in [4.78, 5) is 65.8. The highest BCUT2D eigenvalue weighted by molar-refractivity contribution is 5.85. The van der Waals surface area contributed by atoms with Gasteiger partial charge in [-0.05, 0) is 63.6 Å². The highest BCUT2D eigenvalue weighted by atomic mass is 16.6. The second-order valence-corrected chi connectivity index (χ2v) is 19.6. The highest BCUT2D eigenvalue weighted by Crippen LogP contribution is 2.38. The van der Waals surface area contributed by atoms with Crippen molar-refractivity contribution in [2.75, 3.05) is 31.7 Å². The molecule has 2 aromatic carbocycles. The molecule has 8 aromatic rings. The van der Waals surface area contributed by atoms with Crippen molar-refractivity contribution >= 4 is 47.1 Å². The molecule has 2 aliphatic rings. The third-order valence-electron chi connectivity index (χ3n) is 13.2. The monoisotopic (exact) mass is 1020 g/mol. The lowest BCUT2D eigenvalue weighted by Gasteiger charge is -2.39. The van der Waals surface area contributed by atoms with Gasteiger partial charge in [-0.3, -0.25) is 23.6 Å². The molecular weight excluding hydrogens is 959 g/mol. The molecule has 0 aliphatic carbocycles. The Morgan fingerprint density at radius 2 is 1.15 bits per heavy atom. The van der Waals surface area contributed by atoms with Crippen molar-refractivity contribution in [2.45, 2.75) is 89.2 Å². The number of rotatable bonds is 10. The van der Waals surface area contributed by atoms with Gasteiger partial charge in [-0.15, -0.1) is 0 Å². The fraction of sp³-hybridized carbons (Fsp3) is 0.352. The van der Waals surface area contributed by atoms with Crippen LogP contribution >= 0.6 is 0 Å². The third-order valence-corrected chi connectivity index (χ3v) is 13.2. The molecule has 0 radical (unpaired) electrons. The van der Waals surface area contributed by atoms with Gasteiger partial charge in [-0.1, -0.05) is 60.7 Å². The molecule has 10 rings (SSSR count). The van der Waals surface area contributed by atoms with Crippen LogP contribution in [0.2, 0.25) is 0 Å². The first-order chi connectivity index (χ1) is 36.1. The number of nitrogen functional groups attached to an aromatic ring is 2. The first kappa shape index (κ1) is 51.2. The number of nitrogens with two attached hydrogens (primary N) is 2. The van der Waals surface area contributed by atoms with Gasteiger partial charge in [-0.25, -0.2) is 29.1 Å². The summed E-state index contributed by atoms with van der Waals surface area (Å²) in [6, 6.07) is 22.4. The van der Waals surface area contributed by atoms with Gasteiger partial charge in [0.1, 0.15) is 48.2 Å². The van der Waals surface area contributed by atoms with Crippen molar-refractivity contribution in [3.8, 4) is 22.3 Å². The zero-order chi connectivity index (χ0) is 53.0. The van der Waals surface area contributed by atoms with E-state index in [1.54, 1.807) is 44.6 Å². The normalized spacial score (nSPS) is 17.8. The van der Waals surface area contributed by atoms with E-state index < -0.39 is 53.6 Å². The Kier molecular flexibility index (Phi) is 14.8. The van der Waals surface area contributed by atoms with Crippen molar-refractivity contribution in [3.05, 3.63) is 139 Å². The van der Waals surface area contributed by atoms with Crippen molar-refractivity contribution in [3.63, 3.8) is 0 Å². The number of aromatic nitrogens is 9. The molecule has 0 spiro atoms. The average molecular weight is 1020 g/mol. The standard InChI is InChI=1S/C29H34N6O4.C25H27N7O4/c1-29(2,3)39-27(36)25-22(11-8-13-35(25)28(37)38-18-19-9-6-5-7-10-19)23-15-24(30)34-14-12-21(26(34)32-23)20-16-31-33(4)17-20;1-30-14-17(12-27-30)19-13-28-32-21(26)11-20(29-23(19)32)18-9-6-10-31(22(18)24(33)35-2)25(34)36-15-16-7-4-3-5-8-16/h5-7,9-10,12,14-17,22,25H,8,11,13,18,30H2,1-4H3;3-5,7-8,11-14,18,22H,6,9-10,15,26H2,1-2H3. The number of nitrogens with zero attached hydrogens (tertiary/aromatic N) is 11. The summed E-state index contributed by atoms with van der Waals surface area (Å²) < 4.78 is 28.9. The molecule has 390 valence electrons. The molecule has 2 amide bonds. The lowest BCUT2D eigenvalue weighted by Crippen LogP contribution is -2.53. The minimum atomic E-state index is -0.910. The van der Waals surface area contributed by atoms with E-state index in [0.717, 1.165) is 33.4 Å². The molecule has 2 aliphatic heterocycles. The smallest absolute Gasteiger partial charge is 0.410 e. The molecule has 4 N–H and O–H groups in total. The SMILES string of the molecule is COC(=O)C1C(c2cc(N)n3ncc(-c4cnn(C)c4)c3n2)CCCN1C(=O)OCc1ccccc1.Cn1cc(-c2ccn3c(N)cc(C4CCCN(C(=O)OCc5ccccc5)C4C(=O)OC(C)(C)C)nc23)cn1. The average Bonchev–Trinajstić information content (AvgIpc) is 4.24. The summed E-state index contributed by atoms with van der Waals surface area (Å²) in [7, 11) is 4.99. The molecule has 2 saturated heterocycles. The molecule has 21 nitrogen and oxygen atoms in total. The zero-order valence-corrected chi connectivity index (χ0v) is 42.8. The van der Waals surface area contributed by atoms with Crippen LogP contribution in [0.4, 0.5) is 21.2 Å². The van der Waals surface area contributed by atoms with Crippen molar-refractivity contribution in [1.82, 2.24) is 53.3 Å². The van der Waals surface area contributed by atoms with Gasteiger partial charge in [-0.2, -0.15) is 19.8 Å². The number of esters is 2. The summed E-state index contributed by atoms with van der Waals surface area (Å²) in [5.41, 5.74) is 19.6. The van der Waals surface area contributed by atoms with Gasteiger partial charge < -0.3 is 30.4 Å². The van der Waals surface area contributed by atoms with Gasteiger partial charge in [0, 0.05) is 92.0 Å². The number of methoxy groups -OCH3 is 1. The maximum absolute atomic E-state index is 13.6. The van der Waals surface area contributed by atoms with Gasteiger partial charge in [0.05, 0.1) is 37.1 Å². The molecule has 4 unspecified atom stereocenters. The number of piperidine rings is 2. The first-order valence-corrected chi connectivity index (χ1v) is 24.7. The number of carbonyl (C=O) groups excluding carboxylic acids is 4. The van der Waals surface area contributed by atoms with Gasteiger partial charge >= 0.3 is 24.1 Å². The topological polar surface area (TPSA) is 247 Å². The number of carbonyl (C=O) groups is 4. The minimum absolute atomic E-state index is 0.107. The number of benzene rings is 2. The van der Waals surface area contributed by atoms with Crippen LogP contribution in [0.5, 0.6) is 0 Å². The molecule has 0 saturated carbocycles. The lowest BCUT2D eigenvalue weighted by molar-refractivity contribution is -0.163. The van der Waals surface area contributed by atoms with Crippen LogP contribution < -0.4 is 11.5 Å². The fourth-order valence-electron chi connectivity index (χ4n) is 9.75. The van der Waals surface area contributed by atoms with E-state index in [9.17, 15) is 19.2 Å². The Bertz CT molecular complexity index is 3320. The minimum Gasteiger partial charge on any atom is -0.467 e. The van der Waals surface area contributed by atoms with E-state index in [1.807, 2.05) is 125 Å². The van der Waals surface area contributed by atoms with E-state index in [-0.39, 0.29) is 13.2 Å². The van der Waals surface area contributed by atoms with E-state index in [4.69, 9.17) is 40.4 Å². The maximum Gasteiger partial charge on any atom is 0.410 e. The maximum atomic E-state index is 13.6. The van der Waals surface area contributed by atoms with Crippen LogP contribution in [-0.2, 0) is 55.8 Å². The molecule has 21 heteroatoms. The van der Waals surface area contributed by atoms with Crippen LogP contribution in [-0.4, -0.2) is 115 Å². The largest absolute Gasteiger partial charge is 0.467 e. The molecular formula is C54H61N13O8. The Morgan fingerprint density at radius 3 is 1.65 bits per heavy atom. The van der Waals surface area contributed by atoms with Crippen LogP contribution in [0.15, 0.2) is 116 Å². The number of ether oxygens (including phenoxy) is 4. The summed E-state index contributed by atoms with van der Waals surface area (Å²) in [5, 5.41) is 12.9. The molecule has 2 fully saturated rings. The zero-order valence-electron chi connectivity index (χ0n) is 42.8. The van der Waals surface area contributed by atoms with Crippen LogP contribution in [0.3, 0.4) is 0 Å². The van der Waals surface area contributed by atoms with E-state index >= 15 is 0 Å².